The lowest BCUT2D eigenvalue weighted by molar-refractivity contribution is -0.140. The Bertz CT molecular complexity index is 1930. The summed E-state index contributed by atoms with van der Waals surface area (Å²) in [5.74, 6) is 0.684. The molecule has 1 aliphatic rings. The summed E-state index contributed by atoms with van der Waals surface area (Å²) in [7, 11) is 1.45. The molecular formula is C32H29BrN2O7S. The van der Waals surface area contributed by atoms with Crippen LogP contribution in [-0.4, -0.2) is 30.2 Å². The first-order valence-electron chi connectivity index (χ1n) is 13.5. The van der Waals surface area contributed by atoms with Crippen molar-refractivity contribution in [3.63, 3.8) is 0 Å². The van der Waals surface area contributed by atoms with Crippen LogP contribution in [0.15, 0.2) is 84.5 Å². The molecule has 1 aliphatic heterocycles. The highest BCUT2D eigenvalue weighted by atomic mass is 79.9. The highest BCUT2D eigenvalue weighted by molar-refractivity contribution is 9.10. The number of carbonyl (C=O) groups is 2. The second-order valence-electron chi connectivity index (χ2n) is 10.3. The molecular weight excluding hydrogens is 636 g/mol. The molecule has 0 bridgehead atoms. The third-order valence-corrected chi connectivity index (χ3v) is 8.03. The lowest BCUT2D eigenvalue weighted by Crippen LogP contribution is -2.40. The number of carbonyl (C=O) groups excluding carboxylic acids is 2. The highest BCUT2D eigenvalue weighted by Gasteiger charge is 2.34. The maximum Gasteiger partial charge on any atom is 0.338 e. The number of hydrogen-bond donors (Lipinski definition) is 0. The van der Waals surface area contributed by atoms with Gasteiger partial charge in [-0.3, -0.25) is 14.2 Å². The third-order valence-electron chi connectivity index (χ3n) is 6.56. The quantitative estimate of drug-likeness (QED) is 0.183. The van der Waals surface area contributed by atoms with Crippen molar-refractivity contribution >= 4 is 45.3 Å². The van der Waals surface area contributed by atoms with Crippen LogP contribution in [-0.2, 0) is 14.3 Å². The zero-order valence-corrected chi connectivity index (χ0v) is 26.6. The molecule has 9 nitrogen and oxygen atoms in total. The average Bonchev–Trinajstić information content (AvgIpc) is 3.55. The molecule has 1 unspecified atom stereocenters. The predicted octanol–water partition coefficient (Wildman–Crippen LogP) is 5.39. The summed E-state index contributed by atoms with van der Waals surface area (Å²) in [5.41, 5.74) is 1.77. The maximum atomic E-state index is 14.0. The van der Waals surface area contributed by atoms with Crippen molar-refractivity contribution in [1.82, 2.24) is 4.57 Å². The van der Waals surface area contributed by atoms with Gasteiger partial charge in [-0.2, -0.15) is 0 Å². The van der Waals surface area contributed by atoms with Crippen LogP contribution in [0.5, 0.6) is 11.5 Å². The number of fused-ring (bicyclic) bond motifs is 1. The molecule has 2 aromatic carbocycles. The monoisotopic (exact) mass is 664 g/mol. The van der Waals surface area contributed by atoms with Crippen molar-refractivity contribution in [3.8, 4) is 22.8 Å². The number of benzene rings is 2. The van der Waals surface area contributed by atoms with E-state index in [0.29, 0.717) is 32.1 Å². The maximum absolute atomic E-state index is 14.0. The molecule has 4 aromatic rings. The molecule has 0 N–H and O–H groups in total. The van der Waals surface area contributed by atoms with Crippen molar-refractivity contribution < 1.29 is 28.2 Å². The third kappa shape index (κ3) is 6.42. The first kappa shape index (κ1) is 30.2. The Morgan fingerprint density at radius 3 is 2.63 bits per heavy atom. The van der Waals surface area contributed by atoms with Gasteiger partial charge in [0.1, 0.15) is 11.5 Å². The normalized spacial score (nSPS) is 14.9. The molecule has 222 valence electrons. The van der Waals surface area contributed by atoms with Crippen LogP contribution in [0, 0.1) is 5.92 Å². The molecule has 1 atom stereocenters. The van der Waals surface area contributed by atoms with E-state index >= 15 is 0 Å². The molecule has 3 heterocycles. The Morgan fingerprint density at radius 1 is 1.14 bits per heavy atom. The van der Waals surface area contributed by atoms with Gasteiger partial charge >= 0.3 is 11.9 Å². The van der Waals surface area contributed by atoms with Crippen LogP contribution in [0.3, 0.4) is 0 Å². The van der Waals surface area contributed by atoms with Crippen molar-refractivity contribution in [2.75, 3.05) is 13.7 Å². The van der Waals surface area contributed by atoms with E-state index in [2.05, 4.69) is 20.9 Å². The Labute approximate surface area is 259 Å². The minimum atomic E-state index is -0.868. The molecule has 0 fully saturated rings. The molecule has 0 aliphatic carbocycles. The fourth-order valence-electron chi connectivity index (χ4n) is 4.67. The summed E-state index contributed by atoms with van der Waals surface area (Å²) in [6.07, 6.45) is 1.67. The van der Waals surface area contributed by atoms with Crippen LogP contribution < -0.4 is 24.4 Å². The topological polar surface area (TPSA) is 109 Å². The Kier molecular flexibility index (Phi) is 8.84. The standard InChI is InChI=1S/C32H29BrN2O7S/c1-17(2)16-40-31(38)28-18(3)34-32-35(29(28)21-9-11-25(41-19(4)36)26(14-21)39-5)30(37)27(43-32)15-23-10-12-24(42-23)20-7-6-8-22(33)13-20/h6-15,17,29H,16H2,1-5H3/b27-15+. The largest absolute Gasteiger partial charge is 0.493 e. The van der Waals surface area contributed by atoms with Crippen molar-refractivity contribution in [2.24, 2.45) is 10.9 Å². The fraction of sp³-hybridized carbons (Fsp3) is 0.250. The number of rotatable bonds is 8. The van der Waals surface area contributed by atoms with E-state index in [1.807, 2.05) is 44.2 Å². The van der Waals surface area contributed by atoms with Crippen LogP contribution in [0.1, 0.15) is 45.1 Å². The van der Waals surface area contributed by atoms with Crippen LogP contribution >= 0.6 is 27.3 Å². The van der Waals surface area contributed by atoms with E-state index in [0.717, 1.165) is 10.0 Å². The Hall–Kier alpha value is -4.22. The number of hydrogen-bond acceptors (Lipinski definition) is 9. The predicted molar refractivity (Wildman–Crippen MR) is 166 cm³/mol. The van der Waals surface area contributed by atoms with Gasteiger partial charge in [-0.05, 0) is 54.8 Å². The molecule has 2 aromatic heterocycles. The van der Waals surface area contributed by atoms with E-state index in [1.54, 1.807) is 37.3 Å². The fourth-order valence-corrected chi connectivity index (χ4v) is 6.09. The van der Waals surface area contributed by atoms with Gasteiger partial charge in [0, 0.05) is 23.0 Å². The zero-order valence-electron chi connectivity index (χ0n) is 24.2. The van der Waals surface area contributed by atoms with Crippen LogP contribution in [0.2, 0.25) is 0 Å². The van der Waals surface area contributed by atoms with E-state index in [4.69, 9.17) is 18.6 Å². The van der Waals surface area contributed by atoms with Gasteiger partial charge in [-0.15, -0.1) is 0 Å². The smallest absolute Gasteiger partial charge is 0.338 e. The zero-order chi connectivity index (χ0) is 30.8. The Balaban J connectivity index is 1.64. The number of thiazole rings is 1. The number of halogens is 1. The summed E-state index contributed by atoms with van der Waals surface area (Å²) in [6, 6.07) is 15.4. The second kappa shape index (κ2) is 12.6. The van der Waals surface area contributed by atoms with Crippen molar-refractivity contribution in [1.29, 1.82) is 0 Å². The molecule has 0 amide bonds. The van der Waals surface area contributed by atoms with E-state index in [-0.39, 0.29) is 35.2 Å². The first-order valence-corrected chi connectivity index (χ1v) is 15.1. The summed E-state index contributed by atoms with van der Waals surface area (Å²) >= 11 is 4.67. The van der Waals surface area contributed by atoms with E-state index < -0.39 is 18.0 Å². The lowest BCUT2D eigenvalue weighted by Gasteiger charge is -2.25. The number of ether oxygens (including phenoxy) is 3. The van der Waals surface area contributed by atoms with Crippen molar-refractivity contribution in [2.45, 2.75) is 33.7 Å². The second-order valence-corrected chi connectivity index (χ2v) is 12.2. The average molecular weight is 666 g/mol. The van der Waals surface area contributed by atoms with Gasteiger partial charge in [-0.1, -0.05) is 59.3 Å². The summed E-state index contributed by atoms with van der Waals surface area (Å²) in [6.45, 7) is 7.10. The molecule has 5 rings (SSSR count). The number of methoxy groups -OCH3 is 1. The number of allylic oxidation sites excluding steroid dienone is 1. The van der Waals surface area contributed by atoms with Gasteiger partial charge in [0.15, 0.2) is 16.3 Å². The first-order chi connectivity index (χ1) is 20.5. The minimum Gasteiger partial charge on any atom is -0.493 e. The van der Waals surface area contributed by atoms with Crippen molar-refractivity contribution in [3.05, 3.63) is 101 Å². The van der Waals surface area contributed by atoms with Gasteiger partial charge in [0.05, 0.1) is 35.6 Å². The molecule has 0 spiro atoms. The van der Waals surface area contributed by atoms with E-state index in [1.165, 1.54) is 29.9 Å². The molecule has 0 saturated heterocycles. The number of nitrogens with zero attached hydrogens (tertiary/aromatic N) is 2. The molecule has 11 heteroatoms. The number of esters is 2. The summed E-state index contributed by atoms with van der Waals surface area (Å²) in [5, 5.41) is 0. The number of furan rings is 1. The summed E-state index contributed by atoms with van der Waals surface area (Å²) < 4.78 is 25.2. The van der Waals surface area contributed by atoms with Gasteiger partial charge in [0.2, 0.25) is 0 Å². The molecule has 43 heavy (non-hydrogen) atoms. The van der Waals surface area contributed by atoms with Crippen LogP contribution in [0.4, 0.5) is 0 Å². The van der Waals surface area contributed by atoms with Crippen LogP contribution in [0.25, 0.3) is 17.4 Å². The number of aromatic nitrogens is 1. The SMILES string of the molecule is COc1cc(C2C(C(=O)OCC(C)C)=C(C)N=c3s/c(=C/c4ccc(-c5cccc(Br)c5)o4)c(=O)n32)ccc1OC(C)=O. The van der Waals surface area contributed by atoms with Gasteiger partial charge in [0.25, 0.3) is 5.56 Å². The minimum absolute atomic E-state index is 0.114. The Morgan fingerprint density at radius 2 is 1.93 bits per heavy atom. The molecule has 0 radical (unpaired) electrons. The molecule has 0 saturated carbocycles. The van der Waals surface area contributed by atoms with Gasteiger partial charge < -0.3 is 18.6 Å². The lowest BCUT2D eigenvalue weighted by atomic mass is 9.95. The van der Waals surface area contributed by atoms with E-state index in [9.17, 15) is 14.4 Å². The summed E-state index contributed by atoms with van der Waals surface area (Å²) in [4.78, 5) is 44.1. The highest BCUT2D eigenvalue weighted by Crippen LogP contribution is 2.36. The van der Waals surface area contributed by atoms with Gasteiger partial charge in [-0.25, -0.2) is 9.79 Å².